The number of hydrogen-bond acceptors (Lipinski definition) is 1. The van der Waals surface area contributed by atoms with Crippen LogP contribution in [0.4, 0.5) is 17.6 Å². The average Bonchev–Trinajstić information content (AvgIpc) is 2.37. The van der Waals surface area contributed by atoms with Crippen LogP contribution in [0.1, 0.15) is 44.7 Å². The fourth-order valence-corrected chi connectivity index (χ4v) is 2.75. The van der Waals surface area contributed by atoms with E-state index in [2.05, 4.69) is 0 Å². The van der Waals surface area contributed by atoms with Gasteiger partial charge in [-0.2, -0.15) is 13.2 Å². The Bertz CT molecular complexity index is 569. The molecule has 0 aliphatic rings. The van der Waals surface area contributed by atoms with E-state index in [4.69, 9.17) is 6.42 Å². The minimum Gasteiger partial charge on any atom is -0.380 e. The summed E-state index contributed by atoms with van der Waals surface area (Å²) in [6, 6.07) is 4.06. The van der Waals surface area contributed by atoms with Crippen molar-refractivity contribution in [1.29, 1.82) is 0 Å². The first-order valence-corrected chi connectivity index (χ1v) is 6.98. The molecule has 1 aromatic carbocycles. The zero-order valence-electron chi connectivity index (χ0n) is 12.9. The highest BCUT2D eigenvalue weighted by molar-refractivity contribution is 5.34. The Morgan fingerprint density at radius 2 is 1.82 bits per heavy atom. The van der Waals surface area contributed by atoms with Crippen molar-refractivity contribution in [1.82, 2.24) is 0 Å². The molecule has 0 aliphatic carbocycles. The molecule has 1 nitrogen and oxygen atoms in total. The summed E-state index contributed by atoms with van der Waals surface area (Å²) in [5.74, 6) is 1.36. The van der Waals surface area contributed by atoms with Gasteiger partial charge in [0.25, 0.3) is 0 Å². The van der Waals surface area contributed by atoms with Crippen LogP contribution in [0.2, 0.25) is 0 Å². The number of rotatable bonds is 5. The Morgan fingerprint density at radius 1 is 1.23 bits per heavy atom. The van der Waals surface area contributed by atoms with Crippen molar-refractivity contribution in [3.8, 4) is 12.3 Å². The standard InChI is InChI=1S/C17H20F4O/c1-5-9-16(22,17(19,20)21)11-15(3,4)14-10-13(18)8-7-12(14)6-2/h1,7-8,10,22H,6,9,11H2,2-4H3. The van der Waals surface area contributed by atoms with Gasteiger partial charge >= 0.3 is 6.18 Å². The van der Waals surface area contributed by atoms with Gasteiger partial charge in [-0.3, -0.25) is 0 Å². The van der Waals surface area contributed by atoms with Crippen molar-refractivity contribution in [2.45, 2.75) is 57.2 Å². The highest BCUT2D eigenvalue weighted by Crippen LogP contribution is 2.43. The van der Waals surface area contributed by atoms with E-state index >= 15 is 0 Å². The maximum Gasteiger partial charge on any atom is 0.418 e. The number of aliphatic hydroxyl groups is 1. The molecule has 0 aliphatic heterocycles. The highest BCUT2D eigenvalue weighted by atomic mass is 19.4. The molecule has 0 saturated heterocycles. The summed E-state index contributed by atoms with van der Waals surface area (Å²) in [4.78, 5) is 0. The van der Waals surface area contributed by atoms with E-state index in [1.165, 1.54) is 12.1 Å². The molecule has 0 bridgehead atoms. The zero-order valence-corrected chi connectivity index (χ0v) is 12.9. The van der Waals surface area contributed by atoms with Gasteiger partial charge in [0.05, 0.1) is 0 Å². The largest absolute Gasteiger partial charge is 0.418 e. The lowest BCUT2D eigenvalue weighted by Crippen LogP contribution is -2.49. The Morgan fingerprint density at radius 3 is 2.27 bits per heavy atom. The summed E-state index contributed by atoms with van der Waals surface area (Å²) in [5.41, 5.74) is -2.89. The summed E-state index contributed by atoms with van der Waals surface area (Å²) >= 11 is 0. The first-order valence-electron chi connectivity index (χ1n) is 6.98. The van der Waals surface area contributed by atoms with Gasteiger partial charge in [-0.1, -0.05) is 26.8 Å². The van der Waals surface area contributed by atoms with Crippen molar-refractivity contribution < 1.29 is 22.7 Å². The quantitative estimate of drug-likeness (QED) is 0.631. The molecule has 1 N–H and O–H groups in total. The fourth-order valence-electron chi connectivity index (χ4n) is 2.75. The molecule has 0 radical (unpaired) electrons. The molecular formula is C17H20F4O. The van der Waals surface area contributed by atoms with Gasteiger partial charge in [-0.25, -0.2) is 4.39 Å². The first kappa shape index (κ1) is 18.5. The van der Waals surface area contributed by atoms with Gasteiger partial charge in [-0.15, -0.1) is 12.3 Å². The second-order valence-electron chi connectivity index (χ2n) is 6.13. The van der Waals surface area contributed by atoms with Crippen molar-refractivity contribution in [3.05, 3.63) is 35.1 Å². The van der Waals surface area contributed by atoms with Crippen LogP contribution in [0.3, 0.4) is 0 Å². The molecule has 22 heavy (non-hydrogen) atoms. The van der Waals surface area contributed by atoms with Gasteiger partial charge in [-0.05, 0) is 41.5 Å². The Labute approximate surface area is 128 Å². The van der Waals surface area contributed by atoms with Gasteiger partial charge in [0.2, 0.25) is 0 Å². The molecule has 0 amide bonds. The molecular weight excluding hydrogens is 296 g/mol. The minimum absolute atomic E-state index is 0.453. The van der Waals surface area contributed by atoms with Crippen molar-refractivity contribution in [2.75, 3.05) is 0 Å². The van der Waals surface area contributed by atoms with E-state index in [9.17, 15) is 22.7 Å². The van der Waals surface area contributed by atoms with Crippen LogP contribution >= 0.6 is 0 Å². The zero-order chi connectivity index (χ0) is 17.2. The predicted molar refractivity (Wildman–Crippen MR) is 77.9 cm³/mol. The van der Waals surface area contributed by atoms with Crippen molar-refractivity contribution in [3.63, 3.8) is 0 Å². The molecule has 1 unspecified atom stereocenters. The lowest BCUT2D eigenvalue weighted by Gasteiger charge is -2.37. The SMILES string of the molecule is C#CCC(O)(CC(C)(C)c1cc(F)ccc1CC)C(F)(F)F. The van der Waals surface area contributed by atoms with Crippen molar-refractivity contribution >= 4 is 0 Å². The monoisotopic (exact) mass is 316 g/mol. The van der Waals surface area contributed by atoms with E-state index in [0.717, 1.165) is 5.56 Å². The van der Waals surface area contributed by atoms with E-state index < -0.39 is 35.9 Å². The highest BCUT2D eigenvalue weighted by Gasteiger charge is 2.55. The molecule has 0 fully saturated rings. The molecule has 0 heterocycles. The van der Waals surface area contributed by atoms with Crippen LogP contribution < -0.4 is 0 Å². The first-order chi connectivity index (χ1) is 9.97. The molecule has 1 rings (SSSR count). The summed E-state index contributed by atoms with van der Waals surface area (Å²) in [6.07, 6.45) is -0.789. The van der Waals surface area contributed by atoms with E-state index in [0.29, 0.717) is 12.0 Å². The number of halogens is 4. The van der Waals surface area contributed by atoms with Gasteiger partial charge in [0.15, 0.2) is 5.60 Å². The number of hydrogen-bond donors (Lipinski definition) is 1. The van der Waals surface area contributed by atoms with E-state index in [1.54, 1.807) is 19.9 Å². The lowest BCUT2D eigenvalue weighted by atomic mass is 9.72. The van der Waals surface area contributed by atoms with Gasteiger partial charge in [0.1, 0.15) is 5.82 Å². The smallest absolute Gasteiger partial charge is 0.380 e. The molecule has 1 atom stereocenters. The Kier molecular flexibility index (Phi) is 5.30. The van der Waals surface area contributed by atoms with E-state index in [1.807, 2.05) is 12.8 Å². The minimum atomic E-state index is -4.85. The molecule has 5 heteroatoms. The summed E-state index contributed by atoms with van der Waals surface area (Å²) in [7, 11) is 0. The van der Waals surface area contributed by atoms with Crippen LogP contribution in [-0.2, 0) is 11.8 Å². The third-order valence-electron chi connectivity index (χ3n) is 3.84. The number of terminal acetylenes is 1. The summed E-state index contributed by atoms with van der Waals surface area (Å²) < 4.78 is 53.1. The normalized spacial score (nSPS) is 15.2. The third kappa shape index (κ3) is 3.80. The Hall–Kier alpha value is -1.54. The van der Waals surface area contributed by atoms with Crippen LogP contribution in [0, 0.1) is 18.2 Å². The molecule has 0 spiro atoms. The fraction of sp³-hybridized carbons (Fsp3) is 0.529. The van der Waals surface area contributed by atoms with Gasteiger partial charge in [0, 0.05) is 6.42 Å². The van der Waals surface area contributed by atoms with Gasteiger partial charge < -0.3 is 5.11 Å². The molecule has 122 valence electrons. The maximum atomic E-state index is 13.5. The lowest BCUT2D eigenvalue weighted by molar-refractivity contribution is -0.264. The third-order valence-corrected chi connectivity index (χ3v) is 3.84. The summed E-state index contributed by atoms with van der Waals surface area (Å²) in [5, 5.41) is 10.0. The van der Waals surface area contributed by atoms with Crippen LogP contribution in [0.15, 0.2) is 18.2 Å². The van der Waals surface area contributed by atoms with Crippen LogP contribution in [0.25, 0.3) is 0 Å². The maximum absolute atomic E-state index is 13.5. The number of alkyl halides is 3. The second-order valence-corrected chi connectivity index (χ2v) is 6.13. The number of aryl methyl sites for hydroxylation is 1. The Balaban J connectivity index is 3.30. The summed E-state index contributed by atoms with van der Waals surface area (Å²) in [6.45, 7) is 4.94. The second kappa shape index (κ2) is 6.29. The molecule has 1 aromatic rings. The van der Waals surface area contributed by atoms with Crippen LogP contribution in [-0.4, -0.2) is 16.9 Å². The predicted octanol–water partition coefficient (Wildman–Crippen LogP) is 4.37. The molecule has 0 saturated carbocycles. The van der Waals surface area contributed by atoms with Crippen LogP contribution in [0.5, 0.6) is 0 Å². The van der Waals surface area contributed by atoms with E-state index in [-0.39, 0.29) is 0 Å². The number of benzene rings is 1. The molecule has 0 aromatic heterocycles. The van der Waals surface area contributed by atoms with Crippen molar-refractivity contribution in [2.24, 2.45) is 0 Å². The topological polar surface area (TPSA) is 20.2 Å². The average molecular weight is 316 g/mol.